The molecule has 0 aromatic heterocycles. The monoisotopic (exact) mass is 472 g/mol. The standard InChI is InChI=1S/C23H15Cl3N2O3/c24-17-2-8-22(31-13-14-1-7-20(25)21(26)9-14)15(11-17)10-16(12-27)23(30)28-18-3-5-19(29)6-4-18/h1-11,29H,13H2,(H,28,30)/b16-10+. The Morgan fingerprint density at radius 3 is 2.45 bits per heavy atom. The van der Waals surface area contributed by atoms with E-state index in [1.165, 1.54) is 30.3 Å². The lowest BCUT2D eigenvalue weighted by Gasteiger charge is -2.11. The highest BCUT2D eigenvalue weighted by molar-refractivity contribution is 6.42. The molecule has 3 rings (SSSR count). The second-order valence-electron chi connectivity index (χ2n) is 6.39. The summed E-state index contributed by atoms with van der Waals surface area (Å²) in [6.45, 7) is 0.195. The van der Waals surface area contributed by atoms with Crippen molar-refractivity contribution in [3.05, 3.63) is 92.4 Å². The molecule has 156 valence electrons. The van der Waals surface area contributed by atoms with Crippen LogP contribution in [0.4, 0.5) is 5.69 Å². The number of nitriles is 1. The average Bonchev–Trinajstić information content (AvgIpc) is 2.75. The number of hydrogen-bond donors (Lipinski definition) is 2. The van der Waals surface area contributed by atoms with E-state index in [0.29, 0.717) is 32.1 Å². The zero-order valence-electron chi connectivity index (χ0n) is 15.9. The number of phenolic OH excluding ortho intramolecular Hbond substituents is 1. The first-order valence-electron chi connectivity index (χ1n) is 8.94. The quantitative estimate of drug-likeness (QED) is 0.244. The molecule has 0 bridgehead atoms. The smallest absolute Gasteiger partial charge is 0.266 e. The number of hydrogen-bond acceptors (Lipinski definition) is 4. The van der Waals surface area contributed by atoms with Gasteiger partial charge in [-0.3, -0.25) is 4.79 Å². The van der Waals surface area contributed by atoms with Crippen molar-refractivity contribution >= 4 is 52.5 Å². The Balaban J connectivity index is 1.82. The molecular formula is C23H15Cl3N2O3. The topological polar surface area (TPSA) is 82.3 Å². The Kier molecular flexibility index (Phi) is 7.43. The van der Waals surface area contributed by atoms with E-state index in [1.807, 2.05) is 6.07 Å². The highest BCUT2D eigenvalue weighted by Gasteiger charge is 2.12. The number of nitrogens with one attached hydrogen (secondary N) is 1. The number of carbonyl (C=O) groups excluding carboxylic acids is 1. The summed E-state index contributed by atoms with van der Waals surface area (Å²) in [6.07, 6.45) is 1.39. The number of nitrogens with zero attached hydrogens (tertiary/aromatic N) is 1. The first kappa shape index (κ1) is 22.5. The van der Waals surface area contributed by atoms with Crippen molar-refractivity contribution < 1.29 is 14.6 Å². The lowest BCUT2D eigenvalue weighted by Crippen LogP contribution is -2.13. The van der Waals surface area contributed by atoms with Crippen LogP contribution >= 0.6 is 34.8 Å². The number of rotatable bonds is 6. The molecule has 3 aromatic rings. The van der Waals surface area contributed by atoms with Crippen molar-refractivity contribution in [2.45, 2.75) is 6.61 Å². The third-order valence-electron chi connectivity index (χ3n) is 4.14. The second kappa shape index (κ2) is 10.2. The lowest BCUT2D eigenvalue weighted by molar-refractivity contribution is -0.112. The predicted molar refractivity (Wildman–Crippen MR) is 123 cm³/mol. The fourth-order valence-electron chi connectivity index (χ4n) is 2.60. The molecule has 0 aliphatic rings. The first-order chi connectivity index (χ1) is 14.9. The summed E-state index contributed by atoms with van der Waals surface area (Å²) in [4.78, 5) is 12.5. The number of carbonyl (C=O) groups is 1. The van der Waals surface area contributed by atoms with Gasteiger partial charge in [-0.05, 0) is 66.2 Å². The van der Waals surface area contributed by atoms with Gasteiger partial charge in [-0.1, -0.05) is 40.9 Å². The van der Waals surface area contributed by atoms with Gasteiger partial charge in [-0.25, -0.2) is 0 Å². The van der Waals surface area contributed by atoms with Crippen LogP contribution in [-0.2, 0) is 11.4 Å². The molecular weight excluding hydrogens is 459 g/mol. The van der Waals surface area contributed by atoms with Crippen molar-refractivity contribution in [2.24, 2.45) is 0 Å². The van der Waals surface area contributed by atoms with Gasteiger partial charge in [0.05, 0.1) is 10.0 Å². The van der Waals surface area contributed by atoms with E-state index in [0.717, 1.165) is 5.56 Å². The minimum Gasteiger partial charge on any atom is -0.508 e. The summed E-state index contributed by atoms with van der Waals surface area (Å²) >= 11 is 18.1. The fraction of sp³-hybridized carbons (Fsp3) is 0.0435. The van der Waals surface area contributed by atoms with Crippen molar-refractivity contribution in [3.63, 3.8) is 0 Å². The Morgan fingerprint density at radius 2 is 1.77 bits per heavy atom. The summed E-state index contributed by atoms with van der Waals surface area (Å²) in [7, 11) is 0. The minimum atomic E-state index is -0.608. The molecule has 8 heteroatoms. The van der Waals surface area contributed by atoms with Gasteiger partial charge in [0.2, 0.25) is 0 Å². The normalized spacial score (nSPS) is 11.0. The van der Waals surface area contributed by atoms with Crippen molar-refractivity contribution in [1.82, 2.24) is 0 Å². The number of phenols is 1. The zero-order chi connectivity index (χ0) is 22.4. The summed E-state index contributed by atoms with van der Waals surface area (Å²) in [5.41, 5.74) is 1.55. The zero-order valence-corrected chi connectivity index (χ0v) is 18.2. The minimum absolute atomic E-state index is 0.0664. The van der Waals surface area contributed by atoms with E-state index in [1.54, 1.807) is 36.4 Å². The molecule has 0 unspecified atom stereocenters. The second-order valence-corrected chi connectivity index (χ2v) is 7.64. The SMILES string of the molecule is N#C/C(=C\c1cc(Cl)ccc1OCc1ccc(Cl)c(Cl)c1)C(=O)Nc1ccc(O)cc1. The van der Waals surface area contributed by atoms with E-state index >= 15 is 0 Å². The maximum atomic E-state index is 12.5. The van der Waals surface area contributed by atoms with Gasteiger partial charge < -0.3 is 15.2 Å². The number of halogens is 3. The molecule has 2 N–H and O–H groups in total. The van der Waals surface area contributed by atoms with Crippen LogP contribution < -0.4 is 10.1 Å². The Labute approximate surface area is 194 Å². The van der Waals surface area contributed by atoms with Crippen molar-refractivity contribution in [2.75, 3.05) is 5.32 Å². The third kappa shape index (κ3) is 6.16. The van der Waals surface area contributed by atoms with Crippen molar-refractivity contribution in [3.8, 4) is 17.6 Å². The first-order valence-corrected chi connectivity index (χ1v) is 10.1. The number of benzene rings is 3. The summed E-state index contributed by atoms with van der Waals surface area (Å²) in [5.74, 6) is -0.110. The van der Waals surface area contributed by atoms with Crippen LogP contribution in [0.5, 0.6) is 11.5 Å². The predicted octanol–water partition coefficient (Wildman–Crippen LogP) is 6.48. The molecule has 3 aromatic carbocycles. The van der Waals surface area contributed by atoms with E-state index in [2.05, 4.69) is 5.32 Å². The number of anilines is 1. The summed E-state index contributed by atoms with van der Waals surface area (Å²) < 4.78 is 5.86. The maximum absolute atomic E-state index is 12.5. The maximum Gasteiger partial charge on any atom is 0.266 e. The van der Waals surface area contributed by atoms with E-state index in [-0.39, 0.29) is 17.9 Å². The van der Waals surface area contributed by atoms with Gasteiger partial charge in [0, 0.05) is 16.3 Å². The molecule has 0 fully saturated rings. The van der Waals surface area contributed by atoms with Gasteiger partial charge >= 0.3 is 0 Å². The van der Waals surface area contributed by atoms with Crippen molar-refractivity contribution in [1.29, 1.82) is 5.26 Å². The lowest BCUT2D eigenvalue weighted by atomic mass is 10.1. The third-order valence-corrected chi connectivity index (χ3v) is 5.11. The Bertz CT molecular complexity index is 1190. The molecule has 31 heavy (non-hydrogen) atoms. The van der Waals surface area contributed by atoms with Gasteiger partial charge in [0.25, 0.3) is 5.91 Å². The van der Waals surface area contributed by atoms with E-state index in [9.17, 15) is 15.2 Å². The molecule has 1 amide bonds. The molecule has 0 aliphatic heterocycles. The van der Waals surface area contributed by atoms with Gasteiger partial charge in [0.1, 0.15) is 29.7 Å². The van der Waals surface area contributed by atoms with Crippen LogP contribution in [0.15, 0.2) is 66.2 Å². The van der Waals surface area contributed by atoms with Gasteiger partial charge in [0.15, 0.2) is 0 Å². The Morgan fingerprint density at radius 1 is 1.03 bits per heavy atom. The number of amides is 1. The Hall–Kier alpha value is -3.17. The molecule has 5 nitrogen and oxygen atoms in total. The number of aromatic hydroxyl groups is 1. The largest absolute Gasteiger partial charge is 0.508 e. The molecule has 0 atom stereocenters. The van der Waals surface area contributed by atoms with Gasteiger partial charge in [-0.15, -0.1) is 0 Å². The molecule has 0 aliphatic carbocycles. The molecule has 0 heterocycles. The highest BCUT2D eigenvalue weighted by Crippen LogP contribution is 2.28. The van der Waals surface area contributed by atoms with Crippen LogP contribution in [-0.4, -0.2) is 11.0 Å². The van der Waals surface area contributed by atoms with Crippen LogP contribution in [0.1, 0.15) is 11.1 Å². The average molecular weight is 474 g/mol. The molecule has 0 saturated carbocycles. The highest BCUT2D eigenvalue weighted by atomic mass is 35.5. The number of ether oxygens (including phenoxy) is 1. The van der Waals surface area contributed by atoms with Crippen LogP contribution in [0.25, 0.3) is 6.08 Å². The molecule has 0 saturated heterocycles. The summed E-state index contributed by atoms with van der Waals surface area (Å²) in [6, 6.07) is 17.8. The van der Waals surface area contributed by atoms with E-state index < -0.39 is 5.91 Å². The molecule has 0 radical (unpaired) electrons. The van der Waals surface area contributed by atoms with Gasteiger partial charge in [-0.2, -0.15) is 5.26 Å². The van der Waals surface area contributed by atoms with Crippen LogP contribution in [0.3, 0.4) is 0 Å². The molecule has 0 spiro atoms. The van der Waals surface area contributed by atoms with Crippen LogP contribution in [0, 0.1) is 11.3 Å². The van der Waals surface area contributed by atoms with E-state index in [4.69, 9.17) is 39.5 Å². The summed E-state index contributed by atoms with van der Waals surface area (Å²) in [5, 5.41) is 22.7. The van der Waals surface area contributed by atoms with Crippen LogP contribution in [0.2, 0.25) is 15.1 Å². The fourth-order valence-corrected chi connectivity index (χ4v) is 3.10.